The summed E-state index contributed by atoms with van der Waals surface area (Å²) >= 11 is 6.56. The molecule has 7 heteroatoms. The summed E-state index contributed by atoms with van der Waals surface area (Å²) in [6.45, 7) is 0.221. The van der Waals surface area contributed by atoms with E-state index in [1.54, 1.807) is 12.1 Å². The summed E-state index contributed by atoms with van der Waals surface area (Å²) < 4.78 is 28.4. The zero-order valence-electron chi connectivity index (χ0n) is 10.3. The van der Waals surface area contributed by atoms with Crippen LogP contribution in [0.4, 0.5) is 5.69 Å². The molecule has 0 aliphatic heterocycles. The van der Waals surface area contributed by atoms with E-state index in [-0.39, 0.29) is 11.4 Å². The summed E-state index contributed by atoms with van der Waals surface area (Å²) in [5.41, 5.74) is 6.97. The van der Waals surface area contributed by atoms with Crippen molar-refractivity contribution in [2.45, 2.75) is 11.4 Å². The molecule has 0 fully saturated rings. The van der Waals surface area contributed by atoms with Gasteiger partial charge in [-0.05, 0) is 51.8 Å². The van der Waals surface area contributed by atoms with E-state index in [2.05, 4.69) is 36.6 Å². The first kappa shape index (κ1) is 15.5. The molecular weight excluding hydrogens is 408 g/mol. The maximum atomic E-state index is 12.2. The largest absolute Gasteiger partial charge is 0.399 e. The highest BCUT2D eigenvalue weighted by atomic mass is 79.9. The third kappa shape index (κ3) is 3.82. The standard InChI is InChI=1S/C13H12Br2N2O2S/c14-10-3-1-2-9(6-10)8-17-20(18,19)13-5-4-11(16)7-12(13)15/h1-7,17H,8,16H2. The Morgan fingerprint density at radius 2 is 1.85 bits per heavy atom. The number of hydrogen-bond donors (Lipinski definition) is 2. The van der Waals surface area contributed by atoms with Crippen molar-refractivity contribution in [3.63, 3.8) is 0 Å². The van der Waals surface area contributed by atoms with Crippen LogP contribution in [0.2, 0.25) is 0 Å². The summed E-state index contributed by atoms with van der Waals surface area (Å²) in [5, 5.41) is 0. The summed E-state index contributed by atoms with van der Waals surface area (Å²) in [5.74, 6) is 0. The van der Waals surface area contributed by atoms with Crippen molar-refractivity contribution in [3.8, 4) is 0 Å². The minimum atomic E-state index is -3.59. The molecule has 2 aromatic carbocycles. The number of nitrogens with one attached hydrogen (secondary N) is 1. The van der Waals surface area contributed by atoms with Crippen LogP contribution in [0.15, 0.2) is 56.3 Å². The van der Waals surface area contributed by atoms with Crippen LogP contribution in [-0.4, -0.2) is 8.42 Å². The number of nitrogens with two attached hydrogens (primary N) is 1. The molecular formula is C13H12Br2N2O2S. The molecule has 2 aromatic rings. The van der Waals surface area contributed by atoms with Crippen LogP contribution in [0.3, 0.4) is 0 Å². The zero-order chi connectivity index (χ0) is 14.8. The third-order valence-corrected chi connectivity index (χ3v) is 5.47. The first-order valence-electron chi connectivity index (χ1n) is 5.67. The van der Waals surface area contributed by atoms with Gasteiger partial charge < -0.3 is 5.73 Å². The molecule has 3 N–H and O–H groups in total. The van der Waals surface area contributed by atoms with E-state index in [4.69, 9.17) is 5.73 Å². The fraction of sp³-hybridized carbons (Fsp3) is 0.0769. The number of halogens is 2. The van der Waals surface area contributed by atoms with E-state index in [1.807, 2.05) is 24.3 Å². The lowest BCUT2D eigenvalue weighted by atomic mass is 10.2. The number of sulfonamides is 1. The molecule has 0 saturated carbocycles. The summed E-state index contributed by atoms with van der Waals surface area (Å²) in [6.07, 6.45) is 0. The van der Waals surface area contributed by atoms with Crippen molar-refractivity contribution in [2.75, 3.05) is 5.73 Å². The summed E-state index contributed by atoms with van der Waals surface area (Å²) in [7, 11) is -3.59. The molecule has 0 amide bonds. The quantitative estimate of drug-likeness (QED) is 0.747. The summed E-state index contributed by atoms with van der Waals surface area (Å²) in [6, 6.07) is 12.0. The zero-order valence-corrected chi connectivity index (χ0v) is 14.3. The van der Waals surface area contributed by atoms with E-state index < -0.39 is 10.0 Å². The number of rotatable bonds is 4. The maximum Gasteiger partial charge on any atom is 0.241 e. The van der Waals surface area contributed by atoms with Crippen LogP contribution < -0.4 is 10.5 Å². The van der Waals surface area contributed by atoms with E-state index >= 15 is 0 Å². The molecule has 0 heterocycles. The van der Waals surface area contributed by atoms with E-state index in [9.17, 15) is 8.42 Å². The Morgan fingerprint density at radius 3 is 2.50 bits per heavy atom. The van der Waals surface area contributed by atoms with Crippen LogP contribution in [0, 0.1) is 0 Å². The van der Waals surface area contributed by atoms with Gasteiger partial charge in [0.15, 0.2) is 0 Å². The first-order chi connectivity index (χ1) is 9.38. The van der Waals surface area contributed by atoms with Gasteiger partial charge in [0.1, 0.15) is 0 Å². The number of hydrogen-bond acceptors (Lipinski definition) is 3. The predicted octanol–water partition coefficient (Wildman–Crippen LogP) is 3.27. The fourth-order valence-electron chi connectivity index (χ4n) is 1.64. The second-order valence-electron chi connectivity index (χ2n) is 4.14. The van der Waals surface area contributed by atoms with Gasteiger partial charge in [-0.2, -0.15) is 0 Å². The highest BCUT2D eigenvalue weighted by Crippen LogP contribution is 2.24. The van der Waals surface area contributed by atoms with Crippen molar-refractivity contribution >= 4 is 47.6 Å². The van der Waals surface area contributed by atoms with Gasteiger partial charge in [0, 0.05) is 21.2 Å². The van der Waals surface area contributed by atoms with Gasteiger partial charge in [-0.25, -0.2) is 13.1 Å². The molecule has 0 bridgehead atoms. The van der Waals surface area contributed by atoms with E-state index in [0.29, 0.717) is 10.2 Å². The molecule has 2 rings (SSSR count). The number of nitrogen functional groups attached to an aromatic ring is 1. The molecule has 106 valence electrons. The molecule has 0 unspecified atom stereocenters. The smallest absolute Gasteiger partial charge is 0.241 e. The van der Waals surface area contributed by atoms with Crippen LogP contribution in [0.5, 0.6) is 0 Å². The van der Waals surface area contributed by atoms with Gasteiger partial charge in [0.2, 0.25) is 10.0 Å². The van der Waals surface area contributed by atoms with Crippen molar-refractivity contribution in [2.24, 2.45) is 0 Å². The Balaban J connectivity index is 2.19. The molecule has 20 heavy (non-hydrogen) atoms. The van der Waals surface area contributed by atoms with Crippen molar-refractivity contribution in [3.05, 3.63) is 57.0 Å². The lowest BCUT2D eigenvalue weighted by Crippen LogP contribution is -2.23. The Hall–Kier alpha value is -0.890. The monoisotopic (exact) mass is 418 g/mol. The van der Waals surface area contributed by atoms with Crippen LogP contribution in [-0.2, 0) is 16.6 Å². The maximum absolute atomic E-state index is 12.2. The molecule has 0 aromatic heterocycles. The lowest BCUT2D eigenvalue weighted by molar-refractivity contribution is 0.581. The average Bonchev–Trinajstić information content (AvgIpc) is 2.36. The normalized spacial score (nSPS) is 11.5. The minimum Gasteiger partial charge on any atom is -0.399 e. The van der Waals surface area contributed by atoms with Gasteiger partial charge in [-0.15, -0.1) is 0 Å². The second-order valence-corrected chi connectivity index (χ2v) is 7.65. The second kappa shape index (κ2) is 6.26. The molecule has 0 saturated heterocycles. The van der Waals surface area contributed by atoms with Crippen molar-refractivity contribution in [1.29, 1.82) is 0 Å². The SMILES string of the molecule is Nc1ccc(S(=O)(=O)NCc2cccc(Br)c2)c(Br)c1. The van der Waals surface area contributed by atoms with Crippen LogP contribution in [0.25, 0.3) is 0 Å². The third-order valence-electron chi connectivity index (χ3n) is 2.60. The van der Waals surface area contributed by atoms with E-state index in [1.165, 1.54) is 6.07 Å². The van der Waals surface area contributed by atoms with Gasteiger partial charge in [-0.3, -0.25) is 0 Å². The molecule has 0 atom stereocenters. The first-order valence-corrected chi connectivity index (χ1v) is 8.74. The van der Waals surface area contributed by atoms with Gasteiger partial charge in [0.05, 0.1) is 4.90 Å². The molecule has 0 aliphatic carbocycles. The van der Waals surface area contributed by atoms with Crippen LogP contribution >= 0.6 is 31.9 Å². The van der Waals surface area contributed by atoms with E-state index in [0.717, 1.165) is 10.0 Å². The predicted molar refractivity (Wildman–Crippen MR) is 86.7 cm³/mol. The molecule has 0 spiro atoms. The van der Waals surface area contributed by atoms with Crippen molar-refractivity contribution in [1.82, 2.24) is 4.72 Å². The molecule has 0 aliphatic rings. The van der Waals surface area contributed by atoms with Gasteiger partial charge in [0.25, 0.3) is 0 Å². The Bertz CT molecular complexity index is 733. The lowest BCUT2D eigenvalue weighted by Gasteiger charge is -2.09. The Morgan fingerprint density at radius 1 is 1.10 bits per heavy atom. The molecule has 0 radical (unpaired) electrons. The fourth-order valence-corrected chi connectivity index (χ4v) is 4.20. The van der Waals surface area contributed by atoms with Crippen molar-refractivity contribution < 1.29 is 8.42 Å². The van der Waals surface area contributed by atoms with Gasteiger partial charge >= 0.3 is 0 Å². The Labute approximate surface area is 134 Å². The number of benzene rings is 2. The molecule has 4 nitrogen and oxygen atoms in total. The summed E-state index contributed by atoms with van der Waals surface area (Å²) in [4.78, 5) is 0.168. The minimum absolute atomic E-state index is 0.168. The average molecular weight is 420 g/mol. The van der Waals surface area contributed by atoms with Crippen LogP contribution in [0.1, 0.15) is 5.56 Å². The highest BCUT2D eigenvalue weighted by Gasteiger charge is 2.17. The highest BCUT2D eigenvalue weighted by molar-refractivity contribution is 9.10. The topological polar surface area (TPSA) is 72.2 Å². The van der Waals surface area contributed by atoms with Gasteiger partial charge in [-0.1, -0.05) is 28.1 Å². The Kier molecular flexibility index (Phi) is 4.85. The number of anilines is 1.